The lowest BCUT2D eigenvalue weighted by Gasteiger charge is -2.12. The maximum atomic E-state index is 12.5. The molecule has 0 bridgehead atoms. The number of anilines is 1. The van der Waals surface area contributed by atoms with Gasteiger partial charge in [-0.05, 0) is 24.3 Å². The first-order valence-electron chi connectivity index (χ1n) is 7.12. The van der Waals surface area contributed by atoms with Gasteiger partial charge in [-0.25, -0.2) is 0 Å². The number of fused-ring (bicyclic) bond motifs is 2. The lowest BCUT2D eigenvalue weighted by atomic mass is 10.1. The number of halogens is 1. The van der Waals surface area contributed by atoms with Crippen LogP contribution >= 0.6 is 22.9 Å². The van der Waals surface area contributed by atoms with Crippen molar-refractivity contribution in [2.45, 2.75) is 6.61 Å². The van der Waals surface area contributed by atoms with Crippen molar-refractivity contribution in [3.63, 3.8) is 0 Å². The average Bonchev–Trinajstić information content (AvgIpc) is 2.95. The second kappa shape index (κ2) is 5.88. The van der Waals surface area contributed by atoms with Crippen molar-refractivity contribution in [1.82, 2.24) is 4.98 Å². The summed E-state index contributed by atoms with van der Waals surface area (Å²) < 4.78 is 11.8. The number of hydrogen-bond donors (Lipinski definition) is 2. The molecule has 2 N–H and O–H groups in total. The molecule has 3 aromatic rings. The first kappa shape index (κ1) is 14.6. The number of aromatic amines is 1. The summed E-state index contributed by atoms with van der Waals surface area (Å²) in [7, 11) is 0. The van der Waals surface area contributed by atoms with Gasteiger partial charge in [-0.2, -0.15) is 0 Å². The summed E-state index contributed by atoms with van der Waals surface area (Å²) in [6.45, 7) is 1.47. The molecule has 3 heterocycles. The van der Waals surface area contributed by atoms with Crippen molar-refractivity contribution < 1.29 is 14.3 Å². The summed E-state index contributed by atoms with van der Waals surface area (Å²) >= 11 is 7.36. The molecule has 0 aliphatic carbocycles. The van der Waals surface area contributed by atoms with Crippen molar-refractivity contribution in [1.29, 1.82) is 0 Å². The van der Waals surface area contributed by atoms with Crippen LogP contribution in [0.25, 0.3) is 10.2 Å². The average molecular weight is 349 g/mol. The molecule has 2 aromatic heterocycles. The Kier molecular flexibility index (Phi) is 3.72. The van der Waals surface area contributed by atoms with E-state index in [1.165, 1.54) is 11.3 Å². The van der Waals surface area contributed by atoms with Crippen LogP contribution in [0.3, 0.4) is 0 Å². The van der Waals surface area contributed by atoms with Crippen LogP contribution in [0.5, 0.6) is 5.75 Å². The largest absolute Gasteiger partial charge is 0.491 e. The fourth-order valence-electron chi connectivity index (χ4n) is 2.56. The van der Waals surface area contributed by atoms with Gasteiger partial charge < -0.3 is 19.8 Å². The van der Waals surface area contributed by atoms with Gasteiger partial charge in [0.2, 0.25) is 0 Å². The highest BCUT2D eigenvalue weighted by atomic mass is 35.5. The zero-order valence-electron chi connectivity index (χ0n) is 12.0. The van der Waals surface area contributed by atoms with Crippen LogP contribution in [0, 0.1) is 0 Å². The van der Waals surface area contributed by atoms with Crippen molar-refractivity contribution >= 4 is 44.7 Å². The Hall–Kier alpha value is -2.02. The SMILES string of the molecule is O=C(Nc1cccc2c1COCCO2)c1cc2cc(Cl)sc2[nH]1. The van der Waals surface area contributed by atoms with E-state index in [0.717, 1.165) is 21.5 Å². The first-order chi connectivity index (χ1) is 11.2. The third kappa shape index (κ3) is 2.81. The Morgan fingerprint density at radius 1 is 1.30 bits per heavy atom. The smallest absolute Gasteiger partial charge is 0.272 e. The lowest BCUT2D eigenvalue weighted by Crippen LogP contribution is -2.14. The molecule has 0 unspecified atom stereocenters. The van der Waals surface area contributed by atoms with Crippen LogP contribution in [0.4, 0.5) is 5.69 Å². The van der Waals surface area contributed by atoms with Gasteiger partial charge in [0.05, 0.1) is 23.2 Å². The van der Waals surface area contributed by atoms with E-state index in [1.54, 1.807) is 6.07 Å². The fraction of sp³-hybridized carbons (Fsp3) is 0.188. The van der Waals surface area contributed by atoms with E-state index in [0.29, 0.717) is 35.5 Å². The third-order valence-corrected chi connectivity index (χ3v) is 4.83. The molecule has 23 heavy (non-hydrogen) atoms. The zero-order valence-corrected chi connectivity index (χ0v) is 13.6. The number of nitrogens with one attached hydrogen (secondary N) is 2. The van der Waals surface area contributed by atoms with Crippen molar-refractivity contribution in [2.24, 2.45) is 0 Å². The van der Waals surface area contributed by atoms with Gasteiger partial charge in [-0.3, -0.25) is 4.79 Å². The number of carbonyl (C=O) groups excluding carboxylic acids is 1. The maximum absolute atomic E-state index is 12.5. The molecular weight excluding hydrogens is 336 g/mol. The predicted molar refractivity (Wildman–Crippen MR) is 90.7 cm³/mol. The van der Waals surface area contributed by atoms with Gasteiger partial charge in [0.1, 0.15) is 22.9 Å². The molecule has 0 fully saturated rings. The first-order valence-corrected chi connectivity index (χ1v) is 8.32. The number of aromatic nitrogens is 1. The Bertz CT molecular complexity index is 855. The van der Waals surface area contributed by atoms with E-state index < -0.39 is 0 Å². The summed E-state index contributed by atoms with van der Waals surface area (Å²) in [4.78, 5) is 16.5. The van der Waals surface area contributed by atoms with E-state index in [1.807, 2.05) is 24.3 Å². The summed E-state index contributed by atoms with van der Waals surface area (Å²) in [5, 5.41) is 3.85. The van der Waals surface area contributed by atoms with Crippen LogP contribution in [-0.2, 0) is 11.3 Å². The van der Waals surface area contributed by atoms with E-state index in [2.05, 4.69) is 10.3 Å². The standard InChI is InChI=1S/C16H13ClN2O3S/c17-14-7-9-6-12(19-16(9)23-14)15(20)18-11-2-1-3-13-10(11)8-21-4-5-22-13/h1-3,6-7,19H,4-5,8H2,(H,18,20). The van der Waals surface area contributed by atoms with Gasteiger partial charge in [0.15, 0.2) is 0 Å². The molecule has 4 rings (SSSR count). The van der Waals surface area contributed by atoms with Crippen molar-refractivity contribution in [3.8, 4) is 5.75 Å². The molecule has 7 heteroatoms. The van der Waals surface area contributed by atoms with Crippen LogP contribution in [0.2, 0.25) is 4.34 Å². The van der Waals surface area contributed by atoms with Gasteiger partial charge in [0, 0.05) is 10.9 Å². The Morgan fingerprint density at radius 3 is 3.09 bits per heavy atom. The normalized spacial score (nSPS) is 14.1. The topological polar surface area (TPSA) is 63.4 Å². The number of hydrogen-bond acceptors (Lipinski definition) is 4. The van der Waals surface area contributed by atoms with Crippen LogP contribution < -0.4 is 10.1 Å². The maximum Gasteiger partial charge on any atom is 0.272 e. The monoisotopic (exact) mass is 348 g/mol. The highest BCUT2D eigenvalue weighted by Crippen LogP contribution is 2.31. The highest BCUT2D eigenvalue weighted by Gasteiger charge is 2.17. The minimum Gasteiger partial charge on any atom is -0.491 e. The van der Waals surface area contributed by atoms with Gasteiger partial charge >= 0.3 is 0 Å². The Labute approximate surface area is 141 Å². The molecule has 0 atom stereocenters. The van der Waals surface area contributed by atoms with E-state index in [9.17, 15) is 4.79 Å². The van der Waals surface area contributed by atoms with Crippen molar-refractivity contribution in [3.05, 3.63) is 45.9 Å². The predicted octanol–water partition coefficient (Wildman–Crippen LogP) is 4.04. The summed E-state index contributed by atoms with van der Waals surface area (Å²) in [5.74, 6) is 0.543. The zero-order chi connectivity index (χ0) is 15.8. The number of thiophene rings is 1. The number of ether oxygens (including phenoxy) is 2. The summed E-state index contributed by atoms with van der Waals surface area (Å²) in [6, 6.07) is 9.21. The van der Waals surface area contributed by atoms with E-state index in [4.69, 9.17) is 21.1 Å². The van der Waals surface area contributed by atoms with Gasteiger partial charge in [-0.1, -0.05) is 17.7 Å². The van der Waals surface area contributed by atoms with Crippen LogP contribution in [-0.4, -0.2) is 24.1 Å². The minimum atomic E-state index is -0.206. The summed E-state index contributed by atoms with van der Waals surface area (Å²) in [5.41, 5.74) is 2.05. The number of amides is 1. The minimum absolute atomic E-state index is 0.206. The fourth-order valence-corrected chi connectivity index (χ4v) is 3.68. The quantitative estimate of drug-likeness (QED) is 0.734. The highest BCUT2D eigenvalue weighted by molar-refractivity contribution is 7.22. The van der Waals surface area contributed by atoms with Crippen LogP contribution in [0.15, 0.2) is 30.3 Å². The molecule has 118 valence electrons. The number of H-pyrrole nitrogens is 1. The molecular formula is C16H13ClN2O3S. The number of carbonyl (C=O) groups is 1. The molecule has 0 radical (unpaired) electrons. The lowest BCUT2D eigenvalue weighted by molar-refractivity contribution is 0.102. The van der Waals surface area contributed by atoms with Crippen LogP contribution in [0.1, 0.15) is 16.1 Å². The molecule has 0 saturated heterocycles. The second-order valence-electron chi connectivity index (χ2n) is 5.16. The molecule has 5 nitrogen and oxygen atoms in total. The number of rotatable bonds is 2. The molecule has 1 amide bonds. The molecule has 0 saturated carbocycles. The molecule has 1 aliphatic rings. The Morgan fingerprint density at radius 2 is 2.22 bits per heavy atom. The van der Waals surface area contributed by atoms with E-state index >= 15 is 0 Å². The number of benzene rings is 1. The Balaban J connectivity index is 1.62. The summed E-state index contributed by atoms with van der Waals surface area (Å²) in [6.07, 6.45) is 0. The van der Waals surface area contributed by atoms with Gasteiger partial charge in [-0.15, -0.1) is 11.3 Å². The van der Waals surface area contributed by atoms with Crippen molar-refractivity contribution in [2.75, 3.05) is 18.5 Å². The van der Waals surface area contributed by atoms with E-state index in [-0.39, 0.29) is 5.91 Å². The third-order valence-electron chi connectivity index (χ3n) is 3.64. The second-order valence-corrected chi connectivity index (χ2v) is 6.84. The van der Waals surface area contributed by atoms with Gasteiger partial charge in [0.25, 0.3) is 5.91 Å². The molecule has 1 aliphatic heterocycles. The molecule has 0 spiro atoms. The molecule has 1 aromatic carbocycles.